The summed E-state index contributed by atoms with van der Waals surface area (Å²) in [7, 11) is 1.55. The van der Waals surface area contributed by atoms with Crippen LogP contribution in [-0.2, 0) is 4.74 Å². The first-order chi connectivity index (χ1) is 12.2. The molecule has 3 rings (SSSR count). The number of nitrogens with one attached hydrogen (secondary N) is 2. The molecule has 0 unspecified atom stereocenters. The molecule has 2 aromatic rings. The van der Waals surface area contributed by atoms with Gasteiger partial charge in [0.1, 0.15) is 11.4 Å². The number of benzene rings is 1. The molecule has 0 saturated carbocycles. The molecule has 0 fully saturated rings. The molecule has 0 radical (unpaired) electrons. The maximum atomic E-state index is 12.4. The van der Waals surface area contributed by atoms with Crippen LogP contribution in [0.25, 0.3) is 0 Å². The number of carbonyl (C=O) groups excluding carboxylic acids is 2. The van der Waals surface area contributed by atoms with E-state index in [0.717, 1.165) is 0 Å². The van der Waals surface area contributed by atoms with Crippen LogP contribution in [0.15, 0.2) is 36.4 Å². The summed E-state index contributed by atoms with van der Waals surface area (Å²) in [5.41, 5.74) is 0.845. The van der Waals surface area contributed by atoms with Crippen LogP contribution in [0.1, 0.15) is 21.0 Å². The molecule has 0 aliphatic carbocycles. The van der Waals surface area contributed by atoms with Crippen molar-refractivity contribution < 1.29 is 23.8 Å². The van der Waals surface area contributed by atoms with E-state index >= 15 is 0 Å². The van der Waals surface area contributed by atoms with Crippen LogP contribution in [0.5, 0.6) is 11.5 Å². The second-order valence-electron chi connectivity index (χ2n) is 5.18. The highest BCUT2D eigenvalue weighted by molar-refractivity contribution is 6.04. The third-order valence-corrected chi connectivity index (χ3v) is 3.44. The summed E-state index contributed by atoms with van der Waals surface area (Å²) in [6, 6.07) is 9.76. The van der Waals surface area contributed by atoms with Crippen LogP contribution in [0.3, 0.4) is 0 Å². The number of fused-ring (bicyclic) bond motifs is 1. The van der Waals surface area contributed by atoms with Crippen molar-refractivity contribution in [2.75, 3.05) is 32.4 Å². The van der Waals surface area contributed by atoms with E-state index in [9.17, 15) is 9.59 Å². The highest BCUT2D eigenvalue weighted by Gasteiger charge is 2.16. The minimum atomic E-state index is -0.426. The first-order valence-corrected chi connectivity index (χ1v) is 7.62. The van der Waals surface area contributed by atoms with Gasteiger partial charge in [0.2, 0.25) is 6.79 Å². The van der Waals surface area contributed by atoms with E-state index in [-0.39, 0.29) is 24.1 Å². The largest absolute Gasteiger partial charge is 0.454 e. The Bertz CT molecular complexity index is 794. The van der Waals surface area contributed by atoms with Gasteiger partial charge in [-0.2, -0.15) is 0 Å². The van der Waals surface area contributed by atoms with Gasteiger partial charge in [0.25, 0.3) is 11.8 Å². The van der Waals surface area contributed by atoms with Gasteiger partial charge in [-0.05, 0) is 24.3 Å². The first kappa shape index (κ1) is 16.7. The monoisotopic (exact) mass is 343 g/mol. The molecule has 0 saturated heterocycles. The zero-order chi connectivity index (χ0) is 17.6. The van der Waals surface area contributed by atoms with Gasteiger partial charge in [-0.1, -0.05) is 6.07 Å². The molecule has 1 aliphatic heterocycles. The van der Waals surface area contributed by atoms with Crippen molar-refractivity contribution in [3.63, 3.8) is 0 Å². The predicted octanol–water partition coefficient (Wildman–Crippen LogP) is 1.44. The Labute approximate surface area is 144 Å². The number of nitrogens with zero attached hydrogens (tertiary/aromatic N) is 1. The summed E-state index contributed by atoms with van der Waals surface area (Å²) in [5, 5.41) is 5.37. The maximum absolute atomic E-state index is 12.4. The van der Waals surface area contributed by atoms with Gasteiger partial charge in [0, 0.05) is 25.4 Å². The van der Waals surface area contributed by atoms with E-state index in [4.69, 9.17) is 14.2 Å². The number of aromatic nitrogens is 1. The molecule has 0 atom stereocenters. The Morgan fingerprint density at radius 2 is 1.88 bits per heavy atom. The molecule has 0 spiro atoms. The summed E-state index contributed by atoms with van der Waals surface area (Å²) in [4.78, 5) is 28.4. The summed E-state index contributed by atoms with van der Waals surface area (Å²) in [6.07, 6.45) is 0. The molecule has 130 valence electrons. The summed E-state index contributed by atoms with van der Waals surface area (Å²) >= 11 is 0. The highest BCUT2D eigenvalue weighted by atomic mass is 16.7. The molecular weight excluding hydrogens is 326 g/mol. The number of carbonyl (C=O) groups is 2. The SMILES string of the molecule is COCCNC(=O)c1cccc(C(=O)Nc2ccc3c(c2)OCO3)n1. The zero-order valence-electron chi connectivity index (χ0n) is 13.6. The van der Waals surface area contributed by atoms with E-state index in [1.807, 2.05) is 0 Å². The first-order valence-electron chi connectivity index (χ1n) is 7.62. The van der Waals surface area contributed by atoms with Crippen LogP contribution < -0.4 is 20.1 Å². The van der Waals surface area contributed by atoms with Gasteiger partial charge in [-0.15, -0.1) is 0 Å². The number of hydrogen-bond donors (Lipinski definition) is 2. The number of methoxy groups -OCH3 is 1. The lowest BCUT2D eigenvalue weighted by Gasteiger charge is -2.07. The van der Waals surface area contributed by atoms with Crippen molar-refractivity contribution >= 4 is 17.5 Å². The number of anilines is 1. The summed E-state index contributed by atoms with van der Waals surface area (Å²) in [5.74, 6) is 0.406. The molecule has 2 N–H and O–H groups in total. The number of ether oxygens (including phenoxy) is 3. The van der Waals surface area contributed by atoms with Gasteiger partial charge in [-0.25, -0.2) is 4.98 Å². The van der Waals surface area contributed by atoms with E-state index in [0.29, 0.717) is 30.3 Å². The summed E-state index contributed by atoms with van der Waals surface area (Å²) < 4.78 is 15.4. The van der Waals surface area contributed by atoms with Gasteiger partial charge >= 0.3 is 0 Å². The third kappa shape index (κ3) is 4.04. The van der Waals surface area contributed by atoms with Gasteiger partial charge < -0.3 is 24.8 Å². The van der Waals surface area contributed by atoms with Gasteiger partial charge in [0.15, 0.2) is 11.5 Å². The Hall–Kier alpha value is -3.13. The second-order valence-corrected chi connectivity index (χ2v) is 5.18. The quantitative estimate of drug-likeness (QED) is 0.770. The Kier molecular flexibility index (Phi) is 5.10. The van der Waals surface area contributed by atoms with Crippen molar-refractivity contribution in [3.8, 4) is 11.5 Å². The molecule has 2 amide bonds. The topological polar surface area (TPSA) is 98.8 Å². The molecule has 2 heterocycles. The second kappa shape index (κ2) is 7.63. The maximum Gasteiger partial charge on any atom is 0.274 e. The van der Waals surface area contributed by atoms with Crippen molar-refractivity contribution in [2.45, 2.75) is 0 Å². The predicted molar refractivity (Wildman–Crippen MR) is 89.0 cm³/mol. The Balaban J connectivity index is 1.68. The lowest BCUT2D eigenvalue weighted by atomic mass is 10.2. The van der Waals surface area contributed by atoms with E-state index in [2.05, 4.69) is 15.6 Å². The summed E-state index contributed by atoms with van der Waals surface area (Å²) in [6.45, 7) is 0.926. The minimum absolute atomic E-state index is 0.136. The third-order valence-electron chi connectivity index (χ3n) is 3.44. The lowest BCUT2D eigenvalue weighted by Crippen LogP contribution is -2.28. The fourth-order valence-corrected chi connectivity index (χ4v) is 2.21. The number of amides is 2. The number of pyridine rings is 1. The van der Waals surface area contributed by atoms with E-state index in [1.165, 1.54) is 6.07 Å². The molecule has 1 aromatic heterocycles. The van der Waals surface area contributed by atoms with Crippen LogP contribution >= 0.6 is 0 Å². The molecule has 25 heavy (non-hydrogen) atoms. The average Bonchev–Trinajstić information content (AvgIpc) is 3.09. The molecule has 8 heteroatoms. The molecule has 1 aliphatic rings. The molecule has 1 aromatic carbocycles. The van der Waals surface area contributed by atoms with Crippen molar-refractivity contribution in [2.24, 2.45) is 0 Å². The molecule has 8 nitrogen and oxygen atoms in total. The molecule has 0 bridgehead atoms. The lowest BCUT2D eigenvalue weighted by molar-refractivity contribution is 0.0932. The van der Waals surface area contributed by atoms with Crippen LogP contribution in [0.4, 0.5) is 5.69 Å². The van der Waals surface area contributed by atoms with Crippen LogP contribution in [0.2, 0.25) is 0 Å². The van der Waals surface area contributed by atoms with Crippen molar-refractivity contribution in [3.05, 3.63) is 47.8 Å². The van der Waals surface area contributed by atoms with Crippen LogP contribution in [0, 0.1) is 0 Å². The standard InChI is InChI=1S/C17H17N3O5/c1-23-8-7-18-16(21)12-3-2-4-13(20-12)17(22)19-11-5-6-14-15(9-11)25-10-24-14/h2-6,9H,7-8,10H2,1H3,(H,18,21)(H,19,22). The highest BCUT2D eigenvalue weighted by Crippen LogP contribution is 2.34. The normalized spacial score (nSPS) is 11.9. The van der Waals surface area contributed by atoms with Gasteiger partial charge in [-0.3, -0.25) is 9.59 Å². The van der Waals surface area contributed by atoms with Crippen molar-refractivity contribution in [1.29, 1.82) is 0 Å². The molecular formula is C17H17N3O5. The minimum Gasteiger partial charge on any atom is -0.454 e. The Morgan fingerprint density at radius 3 is 2.68 bits per heavy atom. The van der Waals surface area contributed by atoms with Crippen LogP contribution in [-0.4, -0.2) is 43.9 Å². The average molecular weight is 343 g/mol. The van der Waals surface area contributed by atoms with E-state index in [1.54, 1.807) is 37.4 Å². The smallest absolute Gasteiger partial charge is 0.274 e. The Morgan fingerprint density at radius 1 is 1.12 bits per heavy atom. The number of rotatable bonds is 6. The van der Waals surface area contributed by atoms with E-state index < -0.39 is 5.91 Å². The fourth-order valence-electron chi connectivity index (χ4n) is 2.21. The number of hydrogen-bond acceptors (Lipinski definition) is 6. The van der Waals surface area contributed by atoms with Crippen molar-refractivity contribution in [1.82, 2.24) is 10.3 Å². The fraction of sp³-hybridized carbons (Fsp3) is 0.235. The van der Waals surface area contributed by atoms with Gasteiger partial charge in [0.05, 0.1) is 6.61 Å². The zero-order valence-corrected chi connectivity index (χ0v) is 13.6.